The van der Waals surface area contributed by atoms with Gasteiger partial charge in [0.15, 0.2) is 5.69 Å². The van der Waals surface area contributed by atoms with E-state index in [9.17, 15) is 23.8 Å². The van der Waals surface area contributed by atoms with E-state index in [1.165, 1.54) is 0 Å². The van der Waals surface area contributed by atoms with Crippen LogP contribution in [-0.4, -0.2) is 55.7 Å². The fourth-order valence-electron chi connectivity index (χ4n) is 4.72. The van der Waals surface area contributed by atoms with Crippen LogP contribution in [0.15, 0.2) is 12.1 Å². The van der Waals surface area contributed by atoms with Crippen molar-refractivity contribution in [1.82, 2.24) is 20.1 Å². The Balaban J connectivity index is 1.92. The molecule has 0 aliphatic heterocycles. The molecule has 0 radical (unpaired) electrons. The molecule has 3 atom stereocenters. The minimum atomic E-state index is -3.06. The molecule has 0 saturated heterocycles. The minimum absolute atomic E-state index is 0.100. The van der Waals surface area contributed by atoms with Crippen molar-refractivity contribution in [3.8, 4) is 17.1 Å². The zero-order valence-corrected chi connectivity index (χ0v) is 21.9. The lowest BCUT2D eigenvalue weighted by Crippen LogP contribution is -2.54. The molecule has 1 amide bonds. The quantitative estimate of drug-likeness (QED) is 0.495. The molecule has 10 heteroatoms. The van der Waals surface area contributed by atoms with Crippen LogP contribution < -0.4 is 10.1 Å². The van der Waals surface area contributed by atoms with Crippen molar-refractivity contribution < 1.29 is 28.5 Å². The Bertz CT molecular complexity index is 1080. The van der Waals surface area contributed by atoms with Gasteiger partial charge in [0.1, 0.15) is 5.60 Å². The standard InChI is InChI=1S/C26H38F2N4O4/c1-7-32-21(18-9-8-17(13-25(4,5)6)30-23(18)36-24(27)28)16(3)20(31-32)22(34)29-14-26(35)11-10-15(2)12-19(26)33/h8-9,15,19,24,33,35H,7,10-14H2,1-6H3,(H,29,34)/t15-,19-,26-/m0/s1. The average molecular weight is 509 g/mol. The second kappa shape index (κ2) is 10.8. The SMILES string of the molecule is CCn1nc(C(=O)NC[C@@]2(O)CC[C@H](C)C[C@@H]2O)c(C)c1-c1ccc(CC(C)(C)C)nc1OC(F)F. The van der Waals surface area contributed by atoms with Crippen LogP contribution in [0.1, 0.15) is 75.6 Å². The van der Waals surface area contributed by atoms with Crippen molar-refractivity contribution in [1.29, 1.82) is 0 Å². The largest absolute Gasteiger partial charge is 0.416 e. The van der Waals surface area contributed by atoms with Crippen LogP contribution >= 0.6 is 0 Å². The van der Waals surface area contributed by atoms with Gasteiger partial charge >= 0.3 is 6.61 Å². The number of nitrogens with zero attached hydrogens (tertiary/aromatic N) is 3. The molecule has 2 aromatic rings. The number of amides is 1. The number of rotatable bonds is 8. The first-order chi connectivity index (χ1) is 16.7. The third kappa shape index (κ3) is 6.39. The Kier molecular flexibility index (Phi) is 8.40. The van der Waals surface area contributed by atoms with Crippen LogP contribution in [0, 0.1) is 18.3 Å². The lowest BCUT2D eigenvalue weighted by Gasteiger charge is -2.39. The first-order valence-corrected chi connectivity index (χ1v) is 12.4. The zero-order valence-electron chi connectivity index (χ0n) is 21.9. The highest BCUT2D eigenvalue weighted by Gasteiger charge is 2.40. The highest BCUT2D eigenvalue weighted by Crippen LogP contribution is 2.35. The van der Waals surface area contributed by atoms with E-state index in [1.807, 2.05) is 34.6 Å². The maximum atomic E-state index is 13.3. The summed E-state index contributed by atoms with van der Waals surface area (Å²) in [7, 11) is 0. The number of hydrogen-bond donors (Lipinski definition) is 3. The molecule has 1 aliphatic rings. The maximum Gasteiger partial charge on any atom is 0.388 e. The molecule has 0 bridgehead atoms. The Morgan fingerprint density at radius 1 is 1.36 bits per heavy atom. The molecule has 36 heavy (non-hydrogen) atoms. The highest BCUT2D eigenvalue weighted by molar-refractivity contribution is 5.95. The van der Waals surface area contributed by atoms with Crippen molar-refractivity contribution in [3.05, 3.63) is 29.1 Å². The van der Waals surface area contributed by atoms with Gasteiger partial charge in [-0.2, -0.15) is 13.9 Å². The van der Waals surface area contributed by atoms with Crippen LogP contribution in [0.25, 0.3) is 11.3 Å². The van der Waals surface area contributed by atoms with E-state index < -0.39 is 24.2 Å². The number of carbonyl (C=O) groups excluding carboxylic acids is 1. The van der Waals surface area contributed by atoms with Gasteiger partial charge in [-0.25, -0.2) is 4.98 Å². The van der Waals surface area contributed by atoms with Crippen LogP contribution in [0.3, 0.4) is 0 Å². The fourth-order valence-corrected chi connectivity index (χ4v) is 4.72. The topological polar surface area (TPSA) is 110 Å². The second-order valence-electron chi connectivity index (χ2n) is 11.1. The van der Waals surface area contributed by atoms with Crippen molar-refractivity contribution in [2.45, 2.75) is 92.1 Å². The number of halogens is 2. The summed E-state index contributed by atoms with van der Waals surface area (Å²) in [6, 6.07) is 3.44. The zero-order chi connectivity index (χ0) is 26.8. The molecular weight excluding hydrogens is 470 g/mol. The molecule has 3 rings (SSSR count). The number of hydrogen-bond acceptors (Lipinski definition) is 6. The number of pyridine rings is 1. The predicted molar refractivity (Wildman–Crippen MR) is 132 cm³/mol. The number of carbonyl (C=O) groups is 1. The van der Waals surface area contributed by atoms with Crippen LogP contribution in [-0.2, 0) is 13.0 Å². The minimum Gasteiger partial charge on any atom is -0.416 e. The van der Waals surface area contributed by atoms with Gasteiger partial charge in [-0.05, 0) is 63.0 Å². The monoisotopic (exact) mass is 508 g/mol. The molecule has 200 valence electrons. The number of ether oxygens (including phenoxy) is 1. The van der Waals surface area contributed by atoms with E-state index in [4.69, 9.17) is 4.74 Å². The third-order valence-corrected chi connectivity index (χ3v) is 6.66. The summed E-state index contributed by atoms with van der Waals surface area (Å²) in [4.78, 5) is 17.4. The molecule has 1 saturated carbocycles. The van der Waals surface area contributed by atoms with Crippen molar-refractivity contribution in [2.24, 2.45) is 11.3 Å². The Morgan fingerprint density at radius 2 is 2.06 bits per heavy atom. The van der Waals surface area contributed by atoms with E-state index >= 15 is 0 Å². The number of aryl methyl sites for hydroxylation is 1. The van der Waals surface area contributed by atoms with E-state index in [1.54, 1.807) is 23.7 Å². The number of alkyl halides is 2. The summed E-state index contributed by atoms with van der Waals surface area (Å²) in [6.45, 7) is 8.81. The summed E-state index contributed by atoms with van der Waals surface area (Å²) in [6.07, 6.45) is 1.23. The smallest absolute Gasteiger partial charge is 0.388 e. The number of aliphatic hydroxyl groups excluding tert-OH is 1. The van der Waals surface area contributed by atoms with Crippen molar-refractivity contribution >= 4 is 5.91 Å². The number of aliphatic hydroxyl groups is 2. The van der Waals surface area contributed by atoms with Gasteiger partial charge in [0.05, 0.1) is 17.4 Å². The Hall–Kier alpha value is -2.59. The van der Waals surface area contributed by atoms with E-state index in [0.717, 1.165) is 6.42 Å². The Labute approximate surface area is 211 Å². The molecule has 0 spiro atoms. The van der Waals surface area contributed by atoms with Gasteiger partial charge < -0.3 is 20.3 Å². The first kappa shape index (κ1) is 28.0. The van der Waals surface area contributed by atoms with Gasteiger partial charge in [0.25, 0.3) is 5.91 Å². The summed E-state index contributed by atoms with van der Waals surface area (Å²) in [5, 5.41) is 28.3. The lowest BCUT2D eigenvalue weighted by molar-refractivity contribution is -0.106. The molecule has 2 heterocycles. The molecule has 0 unspecified atom stereocenters. The van der Waals surface area contributed by atoms with E-state index in [0.29, 0.717) is 54.2 Å². The maximum absolute atomic E-state index is 13.3. The number of aromatic nitrogens is 3. The van der Waals surface area contributed by atoms with Gasteiger partial charge in [-0.3, -0.25) is 9.48 Å². The van der Waals surface area contributed by atoms with Crippen LogP contribution in [0.5, 0.6) is 5.88 Å². The summed E-state index contributed by atoms with van der Waals surface area (Å²) < 4.78 is 32.9. The fraction of sp³-hybridized carbons (Fsp3) is 0.654. The van der Waals surface area contributed by atoms with Gasteiger partial charge in [-0.1, -0.05) is 27.7 Å². The van der Waals surface area contributed by atoms with Crippen molar-refractivity contribution in [3.63, 3.8) is 0 Å². The van der Waals surface area contributed by atoms with Crippen molar-refractivity contribution in [2.75, 3.05) is 6.54 Å². The molecular formula is C26H38F2N4O4. The summed E-state index contributed by atoms with van der Waals surface area (Å²) in [5.41, 5.74) is 0.467. The molecule has 0 aromatic carbocycles. The third-order valence-electron chi connectivity index (χ3n) is 6.66. The second-order valence-corrected chi connectivity index (χ2v) is 11.1. The Morgan fingerprint density at radius 3 is 2.64 bits per heavy atom. The van der Waals surface area contributed by atoms with E-state index in [2.05, 4.69) is 15.4 Å². The molecule has 2 aromatic heterocycles. The highest BCUT2D eigenvalue weighted by atomic mass is 19.3. The molecule has 8 nitrogen and oxygen atoms in total. The van der Waals surface area contributed by atoms with Crippen LogP contribution in [0.4, 0.5) is 8.78 Å². The lowest BCUT2D eigenvalue weighted by atomic mass is 9.77. The number of nitrogens with one attached hydrogen (secondary N) is 1. The summed E-state index contributed by atoms with van der Waals surface area (Å²) >= 11 is 0. The molecule has 1 aliphatic carbocycles. The van der Waals surface area contributed by atoms with Gasteiger partial charge in [0.2, 0.25) is 5.88 Å². The van der Waals surface area contributed by atoms with E-state index in [-0.39, 0.29) is 23.5 Å². The summed E-state index contributed by atoms with van der Waals surface area (Å²) in [5.74, 6) is -0.437. The normalized spacial score (nSPS) is 22.6. The average Bonchev–Trinajstić information content (AvgIpc) is 3.10. The first-order valence-electron chi connectivity index (χ1n) is 12.4. The predicted octanol–water partition coefficient (Wildman–Crippen LogP) is 4.11. The molecule has 1 fully saturated rings. The van der Waals surface area contributed by atoms with Gasteiger partial charge in [-0.15, -0.1) is 0 Å². The molecule has 3 N–H and O–H groups in total. The van der Waals surface area contributed by atoms with Gasteiger partial charge in [0, 0.05) is 24.3 Å². The van der Waals surface area contributed by atoms with Crippen LogP contribution in [0.2, 0.25) is 0 Å².